The summed E-state index contributed by atoms with van der Waals surface area (Å²) in [5.74, 6) is 0. The number of hydrogen-bond donors (Lipinski definition) is 1. The molecule has 1 heterocycles. The van der Waals surface area contributed by atoms with Crippen LogP contribution in [0.15, 0.2) is 24.5 Å². The van der Waals surface area contributed by atoms with E-state index in [4.69, 9.17) is 46.4 Å². The van der Waals surface area contributed by atoms with Crippen LogP contribution in [0.25, 0.3) is 11.1 Å². The van der Waals surface area contributed by atoms with E-state index < -0.39 is 0 Å². The molecule has 6 heteroatoms. The van der Waals surface area contributed by atoms with Gasteiger partial charge in [-0.2, -0.15) is 0 Å². The van der Waals surface area contributed by atoms with Gasteiger partial charge in [-0.1, -0.05) is 46.4 Å². The van der Waals surface area contributed by atoms with Crippen LogP contribution in [0.2, 0.25) is 20.1 Å². The fourth-order valence-corrected chi connectivity index (χ4v) is 2.40. The lowest BCUT2D eigenvalue weighted by atomic mass is 10.0. The Bertz CT molecular complexity index is 578. The molecule has 2 rings (SSSR count). The molecular weight excluding hydrogens is 316 g/mol. The van der Waals surface area contributed by atoms with Gasteiger partial charge in [0.1, 0.15) is 0 Å². The van der Waals surface area contributed by atoms with Crippen LogP contribution in [0, 0.1) is 0 Å². The molecule has 0 fully saturated rings. The highest BCUT2D eigenvalue weighted by molar-refractivity contribution is 6.48. The SMILES string of the molecule is OCc1c(Cl)cncc1-c1cc(Cl)c(Cl)c(Cl)c1. The first kappa shape index (κ1) is 13.9. The Hall–Kier alpha value is -0.510. The number of aliphatic hydroxyl groups is 1. The molecule has 0 bridgehead atoms. The maximum absolute atomic E-state index is 9.35. The maximum atomic E-state index is 9.35. The lowest BCUT2D eigenvalue weighted by molar-refractivity contribution is 0.282. The first-order chi connectivity index (χ1) is 8.54. The predicted octanol–water partition coefficient (Wildman–Crippen LogP) is 4.85. The van der Waals surface area contributed by atoms with Gasteiger partial charge in [0.2, 0.25) is 0 Å². The number of aliphatic hydroxyl groups excluding tert-OH is 1. The van der Waals surface area contributed by atoms with Crippen LogP contribution in [0.5, 0.6) is 0 Å². The number of nitrogens with zero attached hydrogens (tertiary/aromatic N) is 1. The average molecular weight is 323 g/mol. The van der Waals surface area contributed by atoms with Crippen molar-refractivity contribution in [1.82, 2.24) is 4.98 Å². The molecule has 2 nitrogen and oxygen atoms in total. The third kappa shape index (κ3) is 2.58. The third-order valence-corrected chi connectivity index (χ3v) is 3.98. The second kappa shape index (κ2) is 5.64. The van der Waals surface area contributed by atoms with E-state index in [2.05, 4.69) is 4.98 Å². The quantitative estimate of drug-likeness (QED) is 0.801. The van der Waals surface area contributed by atoms with E-state index in [0.717, 1.165) is 0 Å². The van der Waals surface area contributed by atoms with Crippen LogP contribution in [0.4, 0.5) is 0 Å². The van der Waals surface area contributed by atoms with Crippen LogP contribution in [-0.4, -0.2) is 10.1 Å². The highest BCUT2D eigenvalue weighted by Gasteiger charge is 2.12. The summed E-state index contributed by atoms with van der Waals surface area (Å²) < 4.78 is 0. The van der Waals surface area contributed by atoms with Crippen LogP contribution in [-0.2, 0) is 6.61 Å². The summed E-state index contributed by atoms with van der Waals surface area (Å²) in [6, 6.07) is 3.31. The van der Waals surface area contributed by atoms with E-state index in [9.17, 15) is 5.11 Å². The highest BCUT2D eigenvalue weighted by atomic mass is 35.5. The summed E-state index contributed by atoms with van der Waals surface area (Å²) in [7, 11) is 0. The van der Waals surface area contributed by atoms with Crippen LogP contribution in [0.3, 0.4) is 0 Å². The van der Waals surface area contributed by atoms with E-state index in [1.54, 1.807) is 18.3 Å². The average Bonchev–Trinajstić information content (AvgIpc) is 2.35. The molecule has 0 radical (unpaired) electrons. The minimum absolute atomic E-state index is 0.200. The Kier molecular flexibility index (Phi) is 4.36. The molecule has 0 aliphatic heterocycles. The molecule has 0 aliphatic carbocycles. The third-order valence-electron chi connectivity index (χ3n) is 2.46. The fourth-order valence-electron chi connectivity index (χ4n) is 1.58. The van der Waals surface area contributed by atoms with E-state index in [1.807, 2.05) is 0 Å². The summed E-state index contributed by atoms with van der Waals surface area (Å²) in [5, 5.41) is 10.7. The topological polar surface area (TPSA) is 33.1 Å². The van der Waals surface area contributed by atoms with Crippen molar-refractivity contribution in [3.05, 3.63) is 50.2 Å². The monoisotopic (exact) mass is 321 g/mol. The van der Waals surface area contributed by atoms with Crippen molar-refractivity contribution in [2.75, 3.05) is 0 Å². The number of rotatable bonds is 2. The molecule has 0 unspecified atom stereocenters. The largest absolute Gasteiger partial charge is 0.392 e. The van der Waals surface area contributed by atoms with Crippen molar-refractivity contribution in [3.63, 3.8) is 0 Å². The summed E-state index contributed by atoms with van der Waals surface area (Å²) in [6.07, 6.45) is 3.06. The molecule has 0 saturated carbocycles. The minimum Gasteiger partial charge on any atom is -0.392 e. The smallest absolute Gasteiger partial charge is 0.0778 e. The molecule has 0 atom stereocenters. The van der Waals surface area contributed by atoms with Crippen molar-refractivity contribution in [1.29, 1.82) is 0 Å². The second-order valence-corrected chi connectivity index (χ2v) is 5.16. The summed E-state index contributed by atoms with van der Waals surface area (Å²) in [4.78, 5) is 3.99. The number of benzene rings is 1. The Labute approximate surface area is 124 Å². The zero-order chi connectivity index (χ0) is 13.3. The van der Waals surface area contributed by atoms with Crippen molar-refractivity contribution in [3.8, 4) is 11.1 Å². The Morgan fingerprint density at radius 1 is 0.944 bits per heavy atom. The van der Waals surface area contributed by atoms with Gasteiger partial charge in [-0.25, -0.2) is 0 Å². The lowest BCUT2D eigenvalue weighted by Gasteiger charge is -2.10. The standard InChI is InChI=1S/C12H7Cl4NO/c13-9-1-6(2-10(14)12(9)16)7-3-17-4-11(15)8(7)5-18/h1-4,18H,5H2. The van der Waals surface area contributed by atoms with Crippen molar-refractivity contribution >= 4 is 46.4 Å². The number of halogens is 4. The van der Waals surface area contributed by atoms with Gasteiger partial charge in [0, 0.05) is 23.5 Å². The minimum atomic E-state index is -0.200. The number of pyridine rings is 1. The number of aromatic nitrogens is 1. The summed E-state index contributed by atoms with van der Waals surface area (Å²) in [6.45, 7) is -0.200. The summed E-state index contributed by atoms with van der Waals surface area (Å²) in [5.41, 5.74) is 1.94. The molecule has 18 heavy (non-hydrogen) atoms. The summed E-state index contributed by atoms with van der Waals surface area (Å²) >= 11 is 23.8. The maximum Gasteiger partial charge on any atom is 0.0778 e. The molecule has 1 N–H and O–H groups in total. The molecule has 0 amide bonds. The van der Waals surface area contributed by atoms with Gasteiger partial charge in [0.15, 0.2) is 0 Å². The van der Waals surface area contributed by atoms with Gasteiger partial charge in [0.25, 0.3) is 0 Å². The van der Waals surface area contributed by atoms with E-state index in [1.165, 1.54) is 6.20 Å². The van der Waals surface area contributed by atoms with Gasteiger partial charge in [-0.15, -0.1) is 0 Å². The Balaban J connectivity index is 2.66. The second-order valence-electron chi connectivity index (χ2n) is 3.56. The number of hydrogen-bond acceptors (Lipinski definition) is 2. The van der Waals surface area contributed by atoms with Crippen molar-refractivity contribution < 1.29 is 5.11 Å². The molecule has 0 spiro atoms. The Morgan fingerprint density at radius 3 is 2.11 bits per heavy atom. The van der Waals surface area contributed by atoms with Crippen molar-refractivity contribution in [2.45, 2.75) is 6.61 Å². The highest BCUT2D eigenvalue weighted by Crippen LogP contribution is 2.37. The Morgan fingerprint density at radius 2 is 1.56 bits per heavy atom. The van der Waals surface area contributed by atoms with Gasteiger partial charge in [-0.3, -0.25) is 4.98 Å². The van der Waals surface area contributed by atoms with Crippen LogP contribution < -0.4 is 0 Å². The van der Waals surface area contributed by atoms with E-state index in [0.29, 0.717) is 36.8 Å². The first-order valence-corrected chi connectivity index (χ1v) is 6.44. The normalized spacial score (nSPS) is 10.7. The molecular formula is C12H7Cl4NO. The van der Waals surface area contributed by atoms with Gasteiger partial charge >= 0.3 is 0 Å². The van der Waals surface area contributed by atoms with Gasteiger partial charge in [0.05, 0.1) is 26.7 Å². The lowest BCUT2D eigenvalue weighted by Crippen LogP contribution is -1.93. The zero-order valence-electron chi connectivity index (χ0n) is 8.92. The molecule has 94 valence electrons. The first-order valence-electron chi connectivity index (χ1n) is 4.92. The molecule has 1 aromatic carbocycles. The molecule has 1 aromatic heterocycles. The van der Waals surface area contributed by atoms with Gasteiger partial charge < -0.3 is 5.11 Å². The van der Waals surface area contributed by atoms with Crippen LogP contribution in [0.1, 0.15) is 5.56 Å². The van der Waals surface area contributed by atoms with E-state index >= 15 is 0 Å². The van der Waals surface area contributed by atoms with Crippen molar-refractivity contribution in [2.24, 2.45) is 0 Å². The predicted molar refractivity (Wildman–Crippen MR) is 75.6 cm³/mol. The molecule has 2 aromatic rings. The molecule has 0 saturated heterocycles. The van der Waals surface area contributed by atoms with Gasteiger partial charge in [-0.05, 0) is 17.7 Å². The fraction of sp³-hybridized carbons (Fsp3) is 0.0833. The van der Waals surface area contributed by atoms with E-state index in [-0.39, 0.29) is 6.61 Å². The van der Waals surface area contributed by atoms with Crippen LogP contribution >= 0.6 is 46.4 Å². The molecule has 0 aliphatic rings. The zero-order valence-corrected chi connectivity index (χ0v) is 11.9.